The minimum absolute atomic E-state index is 1.09. The van der Waals surface area contributed by atoms with Crippen molar-refractivity contribution in [1.29, 1.82) is 0 Å². The van der Waals surface area contributed by atoms with Crippen LogP contribution in [0.5, 0.6) is 0 Å². The predicted molar refractivity (Wildman–Crippen MR) is 253 cm³/mol. The highest BCUT2D eigenvalue weighted by atomic mass is 15.1. The van der Waals surface area contributed by atoms with Crippen molar-refractivity contribution >= 4 is 60.2 Å². The van der Waals surface area contributed by atoms with Gasteiger partial charge in [-0.05, 0) is 130 Å². The quantitative estimate of drug-likeness (QED) is 0.147. The van der Waals surface area contributed by atoms with Crippen molar-refractivity contribution < 1.29 is 0 Å². The molecule has 0 bridgehead atoms. The standard InChI is InChI=1S/C58H39N/c1-2-13-40(14-3-1)41-25-32-47(33-26-41)59(48-34-27-44(28-35-48)57-39-46-17-6-8-20-51(46)53-22-10-11-23-55(53)57)49-36-29-45(30-37-49)58-52-21-9-5-16-43(52)31-38-56(58)54-24-12-18-42-15-4-7-19-50(42)54/h1-39H. The highest BCUT2D eigenvalue weighted by Crippen LogP contribution is 2.43. The average molecular weight is 750 g/mol. The topological polar surface area (TPSA) is 3.24 Å². The third-order valence-corrected chi connectivity index (χ3v) is 11.9. The van der Waals surface area contributed by atoms with Gasteiger partial charge in [-0.1, -0.05) is 194 Å². The van der Waals surface area contributed by atoms with E-state index in [0.717, 1.165) is 17.1 Å². The zero-order chi connectivity index (χ0) is 39.1. The van der Waals surface area contributed by atoms with E-state index in [9.17, 15) is 0 Å². The number of benzene rings is 11. The van der Waals surface area contributed by atoms with Crippen LogP contribution in [0.1, 0.15) is 0 Å². The molecule has 11 rings (SSSR count). The normalized spacial score (nSPS) is 11.4. The van der Waals surface area contributed by atoms with Crippen LogP contribution in [0.4, 0.5) is 17.1 Å². The molecule has 0 radical (unpaired) electrons. The number of anilines is 3. The van der Waals surface area contributed by atoms with Crippen LogP contribution in [0.25, 0.3) is 87.6 Å². The van der Waals surface area contributed by atoms with Crippen LogP contribution in [-0.4, -0.2) is 0 Å². The first kappa shape index (κ1) is 34.5. The monoisotopic (exact) mass is 749 g/mol. The van der Waals surface area contributed by atoms with Crippen LogP contribution in [-0.2, 0) is 0 Å². The van der Waals surface area contributed by atoms with Gasteiger partial charge in [0.15, 0.2) is 0 Å². The Hall–Kier alpha value is -7.74. The molecule has 0 saturated heterocycles. The molecule has 0 heterocycles. The summed E-state index contributed by atoms with van der Waals surface area (Å²) in [5.74, 6) is 0. The van der Waals surface area contributed by atoms with Gasteiger partial charge in [0.1, 0.15) is 0 Å². The fourth-order valence-electron chi connectivity index (χ4n) is 9.01. The predicted octanol–water partition coefficient (Wildman–Crippen LogP) is 16.4. The van der Waals surface area contributed by atoms with Gasteiger partial charge in [-0.3, -0.25) is 0 Å². The molecule has 0 atom stereocenters. The molecule has 1 heteroatoms. The van der Waals surface area contributed by atoms with Gasteiger partial charge < -0.3 is 4.90 Å². The second-order valence-corrected chi connectivity index (χ2v) is 15.3. The lowest BCUT2D eigenvalue weighted by Gasteiger charge is -2.26. The van der Waals surface area contributed by atoms with Crippen LogP contribution >= 0.6 is 0 Å². The first-order chi connectivity index (χ1) is 29.3. The zero-order valence-electron chi connectivity index (χ0n) is 32.5. The van der Waals surface area contributed by atoms with E-state index in [4.69, 9.17) is 0 Å². The zero-order valence-corrected chi connectivity index (χ0v) is 32.5. The lowest BCUT2D eigenvalue weighted by molar-refractivity contribution is 1.28. The maximum absolute atomic E-state index is 2.37. The van der Waals surface area contributed by atoms with Gasteiger partial charge in [-0.2, -0.15) is 0 Å². The molecule has 0 saturated carbocycles. The minimum atomic E-state index is 1.09. The Morgan fingerprint density at radius 1 is 0.220 bits per heavy atom. The van der Waals surface area contributed by atoms with Crippen molar-refractivity contribution in [2.75, 3.05) is 4.90 Å². The highest BCUT2D eigenvalue weighted by Gasteiger charge is 2.18. The summed E-state index contributed by atoms with van der Waals surface area (Å²) >= 11 is 0. The highest BCUT2D eigenvalue weighted by molar-refractivity contribution is 6.14. The molecule has 0 aliphatic carbocycles. The molecule has 11 aromatic rings. The summed E-state index contributed by atoms with van der Waals surface area (Å²) in [5.41, 5.74) is 13.0. The van der Waals surface area contributed by atoms with E-state index in [-0.39, 0.29) is 0 Å². The SMILES string of the molecule is c1ccc(-c2ccc(N(c3ccc(-c4c(-c5cccc6ccccc56)ccc5ccccc45)cc3)c3ccc(-c4cc5ccccc5c5ccccc45)cc3)cc2)cc1. The molecule has 0 aliphatic heterocycles. The molecular formula is C58H39N. The van der Waals surface area contributed by atoms with Crippen molar-refractivity contribution in [2.45, 2.75) is 0 Å². The van der Waals surface area contributed by atoms with Crippen molar-refractivity contribution in [3.8, 4) is 44.5 Å². The van der Waals surface area contributed by atoms with Crippen LogP contribution in [0.15, 0.2) is 237 Å². The van der Waals surface area contributed by atoms with E-state index in [1.807, 2.05) is 0 Å². The molecule has 0 aliphatic rings. The molecular weight excluding hydrogens is 711 g/mol. The maximum atomic E-state index is 2.37. The van der Waals surface area contributed by atoms with Crippen molar-refractivity contribution in [2.24, 2.45) is 0 Å². The van der Waals surface area contributed by atoms with Crippen LogP contribution in [0.2, 0.25) is 0 Å². The van der Waals surface area contributed by atoms with Crippen molar-refractivity contribution in [3.05, 3.63) is 237 Å². The van der Waals surface area contributed by atoms with Crippen LogP contribution in [0.3, 0.4) is 0 Å². The largest absolute Gasteiger partial charge is 0.311 e. The molecule has 59 heavy (non-hydrogen) atoms. The third-order valence-electron chi connectivity index (χ3n) is 11.9. The molecule has 0 aromatic heterocycles. The summed E-state index contributed by atoms with van der Waals surface area (Å²) in [5, 5.41) is 10.1. The Morgan fingerprint density at radius 3 is 1.37 bits per heavy atom. The van der Waals surface area contributed by atoms with Gasteiger partial charge in [0, 0.05) is 17.1 Å². The Labute approximate surface area is 344 Å². The molecule has 1 nitrogen and oxygen atoms in total. The first-order valence-corrected chi connectivity index (χ1v) is 20.3. The molecule has 0 spiro atoms. The average Bonchev–Trinajstić information content (AvgIpc) is 3.32. The van der Waals surface area contributed by atoms with E-state index in [2.05, 4.69) is 241 Å². The van der Waals surface area contributed by atoms with E-state index in [0.29, 0.717) is 0 Å². The summed E-state index contributed by atoms with van der Waals surface area (Å²) in [6.07, 6.45) is 0. The van der Waals surface area contributed by atoms with E-state index < -0.39 is 0 Å². The second-order valence-electron chi connectivity index (χ2n) is 15.3. The van der Waals surface area contributed by atoms with Crippen molar-refractivity contribution in [3.63, 3.8) is 0 Å². The smallest absolute Gasteiger partial charge is 0.0462 e. The van der Waals surface area contributed by atoms with Crippen molar-refractivity contribution in [1.82, 2.24) is 0 Å². The second kappa shape index (κ2) is 14.6. The van der Waals surface area contributed by atoms with Crippen LogP contribution in [0, 0.1) is 0 Å². The Bertz CT molecular complexity index is 3280. The Balaban J connectivity index is 1.04. The van der Waals surface area contributed by atoms with Gasteiger partial charge >= 0.3 is 0 Å². The Morgan fingerprint density at radius 2 is 0.695 bits per heavy atom. The summed E-state index contributed by atoms with van der Waals surface area (Å²) < 4.78 is 0. The number of hydrogen-bond acceptors (Lipinski definition) is 1. The third kappa shape index (κ3) is 6.21. The number of nitrogens with zero attached hydrogens (tertiary/aromatic N) is 1. The van der Waals surface area contributed by atoms with E-state index in [1.54, 1.807) is 0 Å². The Kier molecular flexibility index (Phi) is 8.56. The maximum Gasteiger partial charge on any atom is 0.0462 e. The summed E-state index contributed by atoms with van der Waals surface area (Å²) in [7, 11) is 0. The number of hydrogen-bond donors (Lipinski definition) is 0. The molecule has 0 fully saturated rings. The molecule has 276 valence electrons. The fourth-order valence-corrected chi connectivity index (χ4v) is 9.01. The molecule has 11 aromatic carbocycles. The molecule has 0 amide bonds. The van der Waals surface area contributed by atoms with E-state index >= 15 is 0 Å². The molecule has 0 unspecified atom stereocenters. The summed E-state index contributed by atoms with van der Waals surface area (Å²) in [4.78, 5) is 2.37. The van der Waals surface area contributed by atoms with Crippen LogP contribution < -0.4 is 4.90 Å². The summed E-state index contributed by atoms with van der Waals surface area (Å²) in [6.45, 7) is 0. The van der Waals surface area contributed by atoms with Gasteiger partial charge in [0.2, 0.25) is 0 Å². The number of fused-ring (bicyclic) bond motifs is 5. The fraction of sp³-hybridized carbons (Fsp3) is 0. The lowest BCUT2D eigenvalue weighted by atomic mass is 9.88. The lowest BCUT2D eigenvalue weighted by Crippen LogP contribution is -2.09. The van der Waals surface area contributed by atoms with E-state index in [1.165, 1.54) is 87.6 Å². The van der Waals surface area contributed by atoms with Gasteiger partial charge in [-0.25, -0.2) is 0 Å². The first-order valence-electron chi connectivity index (χ1n) is 20.3. The van der Waals surface area contributed by atoms with Gasteiger partial charge in [-0.15, -0.1) is 0 Å². The van der Waals surface area contributed by atoms with Gasteiger partial charge in [0.25, 0.3) is 0 Å². The number of rotatable bonds is 7. The van der Waals surface area contributed by atoms with Gasteiger partial charge in [0.05, 0.1) is 0 Å². The summed E-state index contributed by atoms with van der Waals surface area (Å²) in [6, 6.07) is 86.2. The molecule has 0 N–H and O–H groups in total. The minimum Gasteiger partial charge on any atom is -0.311 e.